The maximum atomic E-state index is 9.52. The van der Waals surface area contributed by atoms with Crippen LogP contribution >= 0.6 is 0 Å². The van der Waals surface area contributed by atoms with Gasteiger partial charge in [0.25, 0.3) is 0 Å². The van der Waals surface area contributed by atoms with E-state index in [-0.39, 0.29) is 0 Å². The zero-order valence-electron chi connectivity index (χ0n) is 6.17. The smallest absolute Gasteiger partial charge is 0.334 e. The lowest BCUT2D eigenvalue weighted by Gasteiger charge is -1.95. The Morgan fingerprint density at radius 3 is 1.75 bits per heavy atom. The largest absolute Gasteiger partial charge is 0.479 e. The minimum Gasteiger partial charge on any atom is -0.479 e. The molecule has 0 saturated heterocycles. The van der Waals surface area contributed by atoms with Gasteiger partial charge in [0, 0.05) is 6.08 Å². The summed E-state index contributed by atoms with van der Waals surface area (Å²) < 4.78 is 0. The first-order valence-corrected chi connectivity index (χ1v) is 2.82. The molecule has 0 heterocycles. The van der Waals surface area contributed by atoms with E-state index in [9.17, 15) is 9.59 Å². The second-order valence-electron chi connectivity index (χ2n) is 1.58. The molecule has 1 atom stereocenters. The molecule has 70 valence electrons. The van der Waals surface area contributed by atoms with Gasteiger partial charge >= 0.3 is 11.9 Å². The summed E-state index contributed by atoms with van der Waals surface area (Å²) in [5, 5.41) is 31.3. The number of hydrogen-bond acceptors (Lipinski definition) is 4. The third-order valence-electron chi connectivity index (χ3n) is 0.633. The second-order valence-corrected chi connectivity index (χ2v) is 1.58. The third-order valence-corrected chi connectivity index (χ3v) is 0.633. The van der Waals surface area contributed by atoms with Gasteiger partial charge in [0.1, 0.15) is 0 Å². The van der Waals surface area contributed by atoms with Crippen LogP contribution in [0.4, 0.5) is 0 Å². The van der Waals surface area contributed by atoms with E-state index in [0.29, 0.717) is 0 Å². The van der Waals surface area contributed by atoms with Crippen LogP contribution in [-0.2, 0) is 9.59 Å². The molecule has 6 heteroatoms. The van der Waals surface area contributed by atoms with E-state index < -0.39 is 24.6 Å². The van der Waals surface area contributed by atoms with Crippen molar-refractivity contribution in [2.24, 2.45) is 0 Å². The van der Waals surface area contributed by atoms with Crippen LogP contribution in [-0.4, -0.2) is 45.1 Å². The van der Waals surface area contributed by atoms with Gasteiger partial charge in [-0.2, -0.15) is 0 Å². The number of rotatable bonds is 3. The van der Waals surface area contributed by atoms with E-state index >= 15 is 0 Å². The quantitative estimate of drug-likeness (QED) is 0.398. The van der Waals surface area contributed by atoms with E-state index in [1.165, 1.54) is 0 Å². The topological polar surface area (TPSA) is 115 Å². The van der Waals surface area contributed by atoms with Crippen molar-refractivity contribution >= 4 is 11.9 Å². The second kappa shape index (κ2) is 7.70. The molecule has 0 amide bonds. The summed E-state index contributed by atoms with van der Waals surface area (Å²) in [5.74, 6) is -2.38. The molecule has 6 nitrogen and oxygen atoms in total. The van der Waals surface area contributed by atoms with Gasteiger partial charge in [0.15, 0.2) is 6.10 Å². The van der Waals surface area contributed by atoms with Crippen molar-refractivity contribution in [1.82, 2.24) is 0 Å². The fourth-order valence-electron chi connectivity index (χ4n) is 0.0781. The summed E-state index contributed by atoms with van der Waals surface area (Å²) in [6.07, 6.45) is -0.792. The van der Waals surface area contributed by atoms with E-state index in [4.69, 9.17) is 20.4 Å². The summed E-state index contributed by atoms with van der Waals surface area (Å²) >= 11 is 0. The van der Waals surface area contributed by atoms with Gasteiger partial charge in [-0.3, -0.25) is 0 Å². The zero-order valence-corrected chi connectivity index (χ0v) is 6.17. The molecule has 0 spiro atoms. The summed E-state index contributed by atoms with van der Waals surface area (Å²) in [4.78, 5) is 18.8. The van der Waals surface area contributed by atoms with Gasteiger partial charge in [-0.25, -0.2) is 9.59 Å². The monoisotopic (exact) mass is 178 g/mol. The molecule has 0 bridgehead atoms. The van der Waals surface area contributed by atoms with Gasteiger partial charge in [-0.05, 0) is 0 Å². The van der Waals surface area contributed by atoms with Crippen LogP contribution in [0.5, 0.6) is 0 Å². The average molecular weight is 178 g/mol. The van der Waals surface area contributed by atoms with E-state index in [1.807, 2.05) is 0 Å². The molecular formula is C6H10O6. The van der Waals surface area contributed by atoms with Crippen molar-refractivity contribution in [3.63, 3.8) is 0 Å². The van der Waals surface area contributed by atoms with Crippen LogP contribution in [0, 0.1) is 0 Å². The number of carboxylic acid groups (broad SMARTS) is 2. The van der Waals surface area contributed by atoms with E-state index in [0.717, 1.165) is 6.08 Å². The maximum absolute atomic E-state index is 9.52. The Labute approximate surface area is 68.4 Å². The Kier molecular flexibility index (Phi) is 8.48. The third kappa shape index (κ3) is 11.4. The zero-order chi connectivity index (χ0) is 10.1. The van der Waals surface area contributed by atoms with E-state index in [1.54, 1.807) is 0 Å². The number of aliphatic carboxylic acids is 2. The molecule has 1 unspecified atom stereocenters. The van der Waals surface area contributed by atoms with Gasteiger partial charge in [0.05, 0.1) is 6.61 Å². The molecule has 0 rings (SSSR count). The first-order valence-electron chi connectivity index (χ1n) is 2.82. The summed E-state index contributed by atoms with van der Waals surface area (Å²) in [6, 6.07) is 0. The fourth-order valence-corrected chi connectivity index (χ4v) is 0.0781. The highest BCUT2D eigenvalue weighted by molar-refractivity contribution is 5.78. The van der Waals surface area contributed by atoms with Crippen molar-refractivity contribution in [3.8, 4) is 0 Å². The van der Waals surface area contributed by atoms with Crippen molar-refractivity contribution in [2.45, 2.75) is 6.10 Å². The lowest BCUT2D eigenvalue weighted by Crippen LogP contribution is -2.22. The van der Waals surface area contributed by atoms with E-state index in [2.05, 4.69) is 6.58 Å². The van der Waals surface area contributed by atoms with Gasteiger partial charge in [-0.15, -0.1) is 0 Å². The first-order chi connectivity index (χ1) is 5.45. The average Bonchev–Trinajstić information content (AvgIpc) is 2.04. The highest BCUT2D eigenvalue weighted by atomic mass is 16.4. The molecule has 0 aromatic carbocycles. The molecule has 12 heavy (non-hydrogen) atoms. The Hall–Kier alpha value is -1.40. The maximum Gasteiger partial charge on any atom is 0.334 e. The summed E-state index contributed by atoms with van der Waals surface area (Å²) in [6.45, 7) is 2.23. The van der Waals surface area contributed by atoms with Crippen LogP contribution in [0.1, 0.15) is 0 Å². The number of carboxylic acids is 2. The Bertz CT molecular complexity index is 163. The fraction of sp³-hybridized carbons (Fsp3) is 0.333. The Morgan fingerprint density at radius 2 is 1.75 bits per heavy atom. The van der Waals surface area contributed by atoms with Crippen LogP contribution in [0.2, 0.25) is 0 Å². The molecule has 0 aliphatic heterocycles. The van der Waals surface area contributed by atoms with Gasteiger partial charge < -0.3 is 20.4 Å². The highest BCUT2D eigenvalue weighted by Gasteiger charge is 2.08. The van der Waals surface area contributed by atoms with Gasteiger partial charge in [0.2, 0.25) is 0 Å². The molecule has 0 aliphatic rings. The summed E-state index contributed by atoms with van der Waals surface area (Å²) in [5.41, 5.74) is 0. The summed E-state index contributed by atoms with van der Waals surface area (Å²) in [7, 11) is 0. The minimum atomic E-state index is -1.63. The molecule has 4 N–H and O–H groups in total. The minimum absolute atomic E-state index is 0.727. The predicted octanol–water partition coefficient (Wildman–Crippen LogP) is -1.32. The first kappa shape index (κ1) is 13.2. The number of hydrogen-bond donors (Lipinski definition) is 4. The van der Waals surface area contributed by atoms with Crippen LogP contribution in [0.15, 0.2) is 12.7 Å². The Balaban J connectivity index is 0. The number of carbonyl (C=O) groups is 2. The lowest BCUT2D eigenvalue weighted by molar-refractivity contribution is -0.148. The van der Waals surface area contributed by atoms with Crippen LogP contribution in [0.25, 0.3) is 0 Å². The van der Waals surface area contributed by atoms with Crippen LogP contribution < -0.4 is 0 Å². The van der Waals surface area contributed by atoms with Crippen molar-refractivity contribution in [2.75, 3.05) is 6.61 Å². The number of aliphatic hydroxyl groups is 2. The Morgan fingerprint density at radius 1 is 1.42 bits per heavy atom. The van der Waals surface area contributed by atoms with Gasteiger partial charge in [-0.1, -0.05) is 6.58 Å². The SMILES string of the molecule is C=CC(=O)O.O=C(O)C(O)CO. The predicted molar refractivity (Wildman–Crippen MR) is 38.6 cm³/mol. The van der Waals surface area contributed by atoms with Crippen molar-refractivity contribution in [1.29, 1.82) is 0 Å². The molecule has 0 fully saturated rings. The van der Waals surface area contributed by atoms with Crippen LogP contribution in [0.3, 0.4) is 0 Å². The molecule has 0 aromatic heterocycles. The molecular weight excluding hydrogens is 168 g/mol. The molecule has 0 radical (unpaired) electrons. The highest BCUT2D eigenvalue weighted by Crippen LogP contribution is 1.75. The van der Waals surface area contributed by atoms with Crippen molar-refractivity contribution in [3.05, 3.63) is 12.7 Å². The molecule has 0 aliphatic carbocycles. The number of aliphatic hydroxyl groups excluding tert-OH is 2. The normalized spacial score (nSPS) is 10.5. The van der Waals surface area contributed by atoms with Crippen molar-refractivity contribution < 1.29 is 30.0 Å². The molecule has 0 saturated carbocycles. The lowest BCUT2D eigenvalue weighted by atomic mass is 10.4. The standard InChI is InChI=1S/C3H6O4.C3H4O2/c4-1-2(5)3(6)7;1-2-3(4)5/h2,4-5H,1H2,(H,6,7);2H,1H2,(H,4,5). The molecule has 0 aromatic rings.